The van der Waals surface area contributed by atoms with E-state index in [9.17, 15) is 9.18 Å². The van der Waals surface area contributed by atoms with Gasteiger partial charge in [-0.3, -0.25) is 4.79 Å². The van der Waals surface area contributed by atoms with E-state index in [1.165, 1.54) is 29.4 Å². The quantitative estimate of drug-likeness (QED) is 0.386. The van der Waals surface area contributed by atoms with Crippen LogP contribution in [0.3, 0.4) is 0 Å². The zero-order chi connectivity index (χ0) is 22.8. The zero-order valence-corrected chi connectivity index (χ0v) is 18.9. The first-order valence-corrected chi connectivity index (χ1v) is 10.5. The van der Waals surface area contributed by atoms with Crippen LogP contribution in [-0.4, -0.2) is 34.9 Å². The minimum absolute atomic E-state index is 0.0844. The number of carbonyl (C=O) groups excluding carboxylic acids is 1. The van der Waals surface area contributed by atoms with Crippen LogP contribution in [0.4, 0.5) is 10.2 Å². The number of fused-ring (bicyclic) bond motifs is 1. The van der Waals surface area contributed by atoms with Gasteiger partial charge in [0.15, 0.2) is 0 Å². The number of benzene rings is 3. The lowest BCUT2D eigenvalue weighted by molar-refractivity contribution is 0.0784. The minimum atomic E-state index is -0.391. The highest BCUT2D eigenvalue weighted by atomic mass is 35.5. The lowest BCUT2D eigenvalue weighted by Crippen LogP contribution is -2.26. The Bertz CT molecular complexity index is 1310. The minimum Gasteiger partial charge on any atom is -0.373 e. The van der Waals surface area contributed by atoms with Crippen LogP contribution in [0.2, 0.25) is 10.0 Å². The predicted molar refractivity (Wildman–Crippen MR) is 127 cm³/mol. The van der Waals surface area contributed by atoms with Crippen LogP contribution in [0.1, 0.15) is 15.9 Å². The van der Waals surface area contributed by atoms with Crippen molar-refractivity contribution < 1.29 is 9.18 Å². The molecule has 0 aliphatic rings. The first kappa shape index (κ1) is 22.0. The van der Waals surface area contributed by atoms with Gasteiger partial charge in [-0.15, -0.1) is 0 Å². The number of rotatable bonds is 5. The van der Waals surface area contributed by atoms with E-state index in [-0.39, 0.29) is 12.5 Å². The Balaban J connectivity index is 1.64. The number of carbonyl (C=O) groups is 1. The summed E-state index contributed by atoms with van der Waals surface area (Å²) in [6.07, 6.45) is 1.50. The van der Waals surface area contributed by atoms with Gasteiger partial charge in [-0.05, 0) is 53.6 Å². The van der Waals surface area contributed by atoms with Gasteiger partial charge < -0.3 is 10.2 Å². The number of aromatic nitrogens is 2. The SMILES string of the molecule is CNc1ncnc2ccc(-c3ccc(F)c(CN(C)C(=O)c4cc(Cl)cc(Cl)c4)c3)cc12. The Kier molecular flexibility index (Phi) is 6.26. The highest BCUT2D eigenvalue weighted by Crippen LogP contribution is 2.28. The van der Waals surface area contributed by atoms with Gasteiger partial charge in [0.25, 0.3) is 5.91 Å². The first-order chi connectivity index (χ1) is 15.4. The summed E-state index contributed by atoms with van der Waals surface area (Å²) in [4.78, 5) is 22.8. The number of hydrogen-bond donors (Lipinski definition) is 1. The fourth-order valence-corrected chi connectivity index (χ4v) is 4.06. The topological polar surface area (TPSA) is 58.1 Å². The van der Waals surface area contributed by atoms with E-state index in [0.717, 1.165) is 22.0 Å². The van der Waals surface area contributed by atoms with E-state index < -0.39 is 5.82 Å². The van der Waals surface area contributed by atoms with Crippen LogP contribution in [0.25, 0.3) is 22.0 Å². The molecule has 0 saturated carbocycles. The van der Waals surface area contributed by atoms with Crippen LogP contribution >= 0.6 is 23.2 Å². The number of halogens is 3. The average molecular weight is 469 g/mol. The van der Waals surface area contributed by atoms with E-state index in [2.05, 4.69) is 15.3 Å². The monoisotopic (exact) mass is 468 g/mol. The molecule has 4 aromatic rings. The summed E-state index contributed by atoms with van der Waals surface area (Å²) in [7, 11) is 3.40. The van der Waals surface area contributed by atoms with Crippen molar-refractivity contribution in [2.75, 3.05) is 19.4 Å². The number of amides is 1. The molecule has 0 aliphatic heterocycles. The number of nitrogens with one attached hydrogen (secondary N) is 1. The molecule has 0 bridgehead atoms. The molecule has 0 saturated heterocycles. The average Bonchev–Trinajstić information content (AvgIpc) is 2.78. The molecule has 1 N–H and O–H groups in total. The van der Waals surface area contributed by atoms with Crippen LogP contribution < -0.4 is 5.32 Å². The first-order valence-electron chi connectivity index (χ1n) is 9.78. The van der Waals surface area contributed by atoms with Gasteiger partial charge in [0.1, 0.15) is 18.0 Å². The summed E-state index contributed by atoms with van der Waals surface area (Å²) in [5, 5.41) is 4.65. The number of nitrogens with zero attached hydrogens (tertiary/aromatic N) is 3. The van der Waals surface area contributed by atoms with E-state index >= 15 is 0 Å². The lowest BCUT2D eigenvalue weighted by Gasteiger charge is -2.19. The number of hydrogen-bond acceptors (Lipinski definition) is 4. The summed E-state index contributed by atoms with van der Waals surface area (Å²) in [5.74, 6) is 0.0166. The second kappa shape index (κ2) is 9.10. The molecule has 8 heteroatoms. The van der Waals surface area contributed by atoms with Crippen molar-refractivity contribution in [3.05, 3.63) is 87.9 Å². The van der Waals surface area contributed by atoms with Crippen molar-refractivity contribution in [3.8, 4) is 11.1 Å². The standard InChI is InChI=1S/C24H19Cl2FN4O/c1-28-23-20-10-15(4-6-22(20)29-13-30-23)14-3-5-21(27)17(7-14)12-31(2)24(32)16-8-18(25)11-19(26)9-16/h3-11,13H,12H2,1-2H3,(H,28,29,30). The third-order valence-electron chi connectivity index (χ3n) is 5.11. The summed E-state index contributed by atoms with van der Waals surface area (Å²) < 4.78 is 14.6. The molecule has 1 aromatic heterocycles. The maximum atomic E-state index is 14.6. The maximum Gasteiger partial charge on any atom is 0.254 e. The van der Waals surface area contributed by atoms with Crippen molar-refractivity contribution in [2.45, 2.75) is 6.54 Å². The lowest BCUT2D eigenvalue weighted by atomic mass is 10.0. The maximum absolute atomic E-state index is 14.6. The van der Waals surface area contributed by atoms with Gasteiger partial charge >= 0.3 is 0 Å². The second-order valence-corrected chi connectivity index (χ2v) is 8.20. The fraction of sp³-hybridized carbons (Fsp3) is 0.125. The molecule has 3 aromatic carbocycles. The molecule has 0 radical (unpaired) electrons. The molecule has 0 spiro atoms. The third kappa shape index (κ3) is 4.52. The molecular formula is C24H19Cl2FN4O. The molecule has 1 amide bonds. The van der Waals surface area contributed by atoms with Crippen molar-refractivity contribution in [3.63, 3.8) is 0 Å². The third-order valence-corrected chi connectivity index (χ3v) is 5.55. The Hall–Kier alpha value is -3.22. The smallest absolute Gasteiger partial charge is 0.254 e. The van der Waals surface area contributed by atoms with Gasteiger partial charge in [0.05, 0.1) is 5.52 Å². The van der Waals surface area contributed by atoms with Crippen molar-refractivity contribution in [1.82, 2.24) is 14.9 Å². The molecule has 0 aliphatic carbocycles. The largest absolute Gasteiger partial charge is 0.373 e. The van der Waals surface area contributed by atoms with Gasteiger partial charge in [-0.1, -0.05) is 35.3 Å². The van der Waals surface area contributed by atoms with Crippen LogP contribution in [0.15, 0.2) is 60.9 Å². The Labute approximate surface area is 194 Å². The van der Waals surface area contributed by atoms with E-state index in [0.29, 0.717) is 27.0 Å². The molecule has 0 atom stereocenters. The van der Waals surface area contributed by atoms with Gasteiger partial charge in [0.2, 0.25) is 0 Å². The Morgan fingerprint density at radius 1 is 1.00 bits per heavy atom. The van der Waals surface area contributed by atoms with Gasteiger partial charge in [0, 0.05) is 47.2 Å². The van der Waals surface area contributed by atoms with Gasteiger partial charge in [-0.25, -0.2) is 14.4 Å². The van der Waals surface area contributed by atoms with E-state index in [1.54, 1.807) is 32.3 Å². The Morgan fingerprint density at radius 2 is 1.69 bits per heavy atom. The highest BCUT2D eigenvalue weighted by Gasteiger charge is 2.16. The van der Waals surface area contributed by atoms with Gasteiger partial charge in [-0.2, -0.15) is 0 Å². The summed E-state index contributed by atoms with van der Waals surface area (Å²) in [6.45, 7) is 0.0844. The van der Waals surface area contributed by atoms with Crippen LogP contribution in [0, 0.1) is 5.82 Å². The summed E-state index contributed by atoms with van der Waals surface area (Å²) >= 11 is 12.0. The molecular weight excluding hydrogens is 450 g/mol. The molecule has 0 fully saturated rings. The van der Waals surface area contributed by atoms with Crippen molar-refractivity contribution in [2.24, 2.45) is 0 Å². The van der Waals surface area contributed by atoms with Crippen LogP contribution in [-0.2, 0) is 6.54 Å². The molecule has 4 rings (SSSR count). The fourth-order valence-electron chi connectivity index (χ4n) is 3.54. The highest BCUT2D eigenvalue weighted by molar-refractivity contribution is 6.35. The predicted octanol–water partition coefficient (Wildman–Crippen LogP) is 6.06. The summed E-state index contributed by atoms with van der Waals surface area (Å²) in [6, 6.07) is 15.3. The normalized spacial score (nSPS) is 10.9. The Morgan fingerprint density at radius 3 is 2.41 bits per heavy atom. The molecule has 32 heavy (non-hydrogen) atoms. The molecule has 0 unspecified atom stereocenters. The molecule has 162 valence electrons. The van der Waals surface area contributed by atoms with E-state index in [1.807, 2.05) is 18.2 Å². The summed E-state index contributed by atoms with van der Waals surface area (Å²) in [5.41, 5.74) is 3.25. The second-order valence-electron chi connectivity index (χ2n) is 7.33. The van der Waals surface area contributed by atoms with Crippen LogP contribution in [0.5, 0.6) is 0 Å². The molecule has 5 nitrogen and oxygen atoms in total. The zero-order valence-electron chi connectivity index (χ0n) is 17.4. The number of anilines is 1. The molecule has 1 heterocycles. The van der Waals surface area contributed by atoms with Crippen molar-refractivity contribution >= 4 is 45.8 Å². The van der Waals surface area contributed by atoms with Crippen molar-refractivity contribution in [1.29, 1.82) is 0 Å². The van der Waals surface area contributed by atoms with E-state index in [4.69, 9.17) is 23.2 Å².